The lowest BCUT2D eigenvalue weighted by Crippen LogP contribution is -2.38. The van der Waals surface area contributed by atoms with Gasteiger partial charge >= 0.3 is 0 Å². The third kappa shape index (κ3) is 5.01. The SMILES string of the molecule is Cc1cccc(NC(=O)CN(C)CC(=O)NCc2ccc3c(c2)OCO3)c1C. The van der Waals surface area contributed by atoms with E-state index in [1.165, 1.54) is 0 Å². The van der Waals surface area contributed by atoms with E-state index in [9.17, 15) is 9.59 Å². The van der Waals surface area contributed by atoms with Gasteiger partial charge in [-0.05, 0) is 55.8 Å². The Morgan fingerprint density at radius 1 is 1.04 bits per heavy atom. The highest BCUT2D eigenvalue weighted by molar-refractivity contribution is 5.93. The van der Waals surface area contributed by atoms with Crippen LogP contribution < -0.4 is 20.1 Å². The molecule has 0 unspecified atom stereocenters. The minimum atomic E-state index is -0.153. The minimum absolute atomic E-state index is 0.130. The number of likely N-dealkylation sites (N-methyl/N-ethyl adjacent to an activating group) is 1. The van der Waals surface area contributed by atoms with Crippen molar-refractivity contribution in [2.45, 2.75) is 20.4 Å². The molecule has 0 bridgehead atoms. The van der Waals surface area contributed by atoms with Gasteiger partial charge in [-0.1, -0.05) is 18.2 Å². The molecular weight excluding hydrogens is 358 g/mol. The lowest BCUT2D eigenvalue weighted by atomic mass is 10.1. The molecule has 0 spiro atoms. The Kier molecular flexibility index (Phi) is 6.16. The summed E-state index contributed by atoms with van der Waals surface area (Å²) in [5, 5.41) is 5.75. The van der Waals surface area contributed by atoms with Crippen LogP contribution in [0.25, 0.3) is 0 Å². The number of anilines is 1. The molecule has 2 amide bonds. The van der Waals surface area contributed by atoms with Crippen molar-refractivity contribution in [3.8, 4) is 11.5 Å². The quantitative estimate of drug-likeness (QED) is 0.766. The standard InChI is InChI=1S/C21H25N3O4/c1-14-5-4-6-17(15(14)2)23-21(26)12-24(3)11-20(25)22-10-16-7-8-18-19(9-16)28-13-27-18/h4-9H,10-13H2,1-3H3,(H,22,25)(H,23,26). The number of aryl methyl sites for hydroxylation is 1. The second-order valence-electron chi connectivity index (χ2n) is 6.93. The lowest BCUT2D eigenvalue weighted by molar-refractivity contribution is -0.123. The fourth-order valence-corrected chi connectivity index (χ4v) is 2.93. The van der Waals surface area contributed by atoms with Gasteiger partial charge < -0.3 is 20.1 Å². The van der Waals surface area contributed by atoms with Crippen molar-refractivity contribution in [3.63, 3.8) is 0 Å². The summed E-state index contributed by atoms with van der Waals surface area (Å²) in [6, 6.07) is 11.3. The second-order valence-corrected chi connectivity index (χ2v) is 6.93. The van der Waals surface area contributed by atoms with Crippen molar-refractivity contribution in [2.75, 3.05) is 32.2 Å². The van der Waals surface area contributed by atoms with Crippen LogP contribution >= 0.6 is 0 Å². The fraction of sp³-hybridized carbons (Fsp3) is 0.333. The zero-order chi connectivity index (χ0) is 20.1. The summed E-state index contributed by atoms with van der Waals surface area (Å²) < 4.78 is 10.6. The maximum absolute atomic E-state index is 12.2. The molecule has 3 rings (SSSR count). The smallest absolute Gasteiger partial charge is 0.238 e. The summed E-state index contributed by atoms with van der Waals surface area (Å²) in [5.41, 5.74) is 3.88. The molecule has 1 aliphatic rings. The van der Waals surface area contributed by atoms with Gasteiger partial charge in [0.25, 0.3) is 0 Å². The van der Waals surface area contributed by atoms with E-state index in [1.54, 1.807) is 11.9 Å². The van der Waals surface area contributed by atoms with Gasteiger partial charge in [0.2, 0.25) is 18.6 Å². The molecule has 2 aromatic rings. The maximum atomic E-state index is 12.2. The normalized spacial score (nSPS) is 12.1. The van der Waals surface area contributed by atoms with E-state index in [2.05, 4.69) is 10.6 Å². The monoisotopic (exact) mass is 383 g/mol. The molecule has 0 saturated carbocycles. The van der Waals surface area contributed by atoms with Crippen LogP contribution in [0.2, 0.25) is 0 Å². The van der Waals surface area contributed by atoms with Crippen LogP contribution in [0.15, 0.2) is 36.4 Å². The second kappa shape index (κ2) is 8.75. The van der Waals surface area contributed by atoms with E-state index in [1.807, 2.05) is 50.2 Å². The van der Waals surface area contributed by atoms with Crippen molar-refractivity contribution >= 4 is 17.5 Å². The molecule has 0 atom stereocenters. The predicted octanol–water partition coefficient (Wildman–Crippen LogP) is 2.22. The van der Waals surface area contributed by atoms with E-state index in [0.29, 0.717) is 18.0 Å². The third-order valence-corrected chi connectivity index (χ3v) is 4.63. The summed E-state index contributed by atoms with van der Waals surface area (Å²) in [7, 11) is 1.74. The van der Waals surface area contributed by atoms with Crippen LogP contribution in [-0.4, -0.2) is 43.6 Å². The maximum Gasteiger partial charge on any atom is 0.238 e. The molecule has 1 aliphatic heterocycles. The van der Waals surface area contributed by atoms with Gasteiger partial charge in [-0.25, -0.2) is 0 Å². The number of hydrogen-bond donors (Lipinski definition) is 2. The van der Waals surface area contributed by atoms with Crippen LogP contribution in [0.3, 0.4) is 0 Å². The first-order chi connectivity index (χ1) is 13.4. The van der Waals surface area contributed by atoms with Crippen LogP contribution in [-0.2, 0) is 16.1 Å². The first-order valence-electron chi connectivity index (χ1n) is 9.12. The van der Waals surface area contributed by atoms with Gasteiger partial charge in [0.1, 0.15) is 0 Å². The van der Waals surface area contributed by atoms with Gasteiger partial charge in [-0.15, -0.1) is 0 Å². The van der Waals surface area contributed by atoms with E-state index < -0.39 is 0 Å². The van der Waals surface area contributed by atoms with E-state index >= 15 is 0 Å². The van der Waals surface area contributed by atoms with Gasteiger partial charge in [-0.3, -0.25) is 14.5 Å². The number of hydrogen-bond acceptors (Lipinski definition) is 5. The lowest BCUT2D eigenvalue weighted by Gasteiger charge is -2.17. The summed E-state index contributed by atoms with van der Waals surface area (Å²) in [5.74, 6) is 1.09. The summed E-state index contributed by atoms with van der Waals surface area (Å²) in [6.07, 6.45) is 0. The molecule has 28 heavy (non-hydrogen) atoms. The van der Waals surface area contributed by atoms with Crippen molar-refractivity contribution in [1.29, 1.82) is 0 Å². The Bertz CT molecular complexity index is 882. The fourth-order valence-electron chi connectivity index (χ4n) is 2.93. The third-order valence-electron chi connectivity index (χ3n) is 4.63. The Morgan fingerprint density at radius 2 is 1.79 bits per heavy atom. The Hall–Kier alpha value is -3.06. The number of nitrogens with zero attached hydrogens (tertiary/aromatic N) is 1. The van der Waals surface area contributed by atoms with Gasteiger partial charge in [-0.2, -0.15) is 0 Å². The van der Waals surface area contributed by atoms with Gasteiger partial charge in [0.15, 0.2) is 11.5 Å². The molecule has 0 radical (unpaired) electrons. The number of rotatable bonds is 7. The Morgan fingerprint density at radius 3 is 2.61 bits per heavy atom. The van der Waals surface area contributed by atoms with Crippen LogP contribution in [0.5, 0.6) is 11.5 Å². The topological polar surface area (TPSA) is 79.9 Å². The summed E-state index contributed by atoms with van der Waals surface area (Å²) >= 11 is 0. The number of carbonyl (C=O) groups is 2. The zero-order valence-electron chi connectivity index (χ0n) is 16.4. The van der Waals surface area contributed by atoms with E-state index in [-0.39, 0.29) is 31.7 Å². The largest absolute Gasteiger partial charge is 0.454 e. The number of amides is 2. The van der Waals surface area contributed by atoms with Crippen LogP contribution in [0.1, 0.15) is 16.7 Å². The molecular formula is C21H25N3O4. The van der Waals surface area contributed by atoms with Crippen LogP contribution in [0.4, 0.5) is 5.69 Å². The first kappa shape index (κ1) is 19.7. The number of nitrogens with one attached hydrogen (secondary N) is 2. The summed E-state index contributed by atoms with van der Waals surface area (Å²) in [4.78, 5) is 26.1. The summed E-state index contributed by atoms with van der Waals surface area (Å²) in [6.45, 7) is 4.84. The Labute approximate surface area is 164 Å². The molecule has 0 aliphatic carbocycles. The van der Waals surface area contributed by atoms with E-state index in [0.717, 1.165) is 22.4 Å². The minimum Gasteiger partial charge on any atom is -0.454 e. The molecule has 1 heterocycles. The Balaban J connectivity index is 1.43. The molecule has 0 fully saturated rings. The number of fused-ring (bicyclic) bond motifs is 1. The molecule has 0 aromatic heterocycles. The van der Waals surface area contributed by atoms with Crippen LogP contribution in [0, 0.1) is 13.8 Å². The zero-order valence-corrected chi connectivity index (χ0v) is 16.4. The molecule has 2 N–H and O–H groups in total. The molecule has 0 saturated heterocycles. The van der Waals surface area contributed by atoms with Gasteiger partial charge in [0.05, 0.1) is 13.1 Å². The first-order valence-corrected chi connectivity index (χ1v) is 9.12. The molecule has 148 valence electrons. The highest BCUT2D eigenvalue weighted by Gasteiger charge is 2.15. The van der Waals surface area contributed by atoms with E-state index in [4.69, 9.17) is 9.47 Å². The molecule has 2 aromatic carbocycles. The predicted molar refractivity (Wildman–Crippen MR) is 106 cm³/mol. The number of benzene rings is 2. The number of carbonyl (C=O) groups excluding carboxylic acids is 2. The molecule has 7 heteroatoms. The average molecular weight is 383 g/mol. The molecule has 7 nitrogen and oxygen atoms in total. The van der Waals surface area contributed by atoms with Gasteiger partial charge in [0, 0.05) is 12.2 Å². The number of ether oxygens (including phenoxy) is 2. The average Bonchev–Trinajstić information content (AvgIpc) is 3.11. The van der Waals surface area contributed by atoms with Crippen molar-refractivity contribution in [2.24, 2.45) is 0 Å². The highest BCUT2D eigenvalue weighted by Crippen LogP contribution is 2.32. The van der Waals surface area contributed by atoms with Crippen molar-refractivity contribution in [1.82, 2.24) is 10.2 Å². The van der Waals surface area contributed by atoms with Crippen molar-refractivity contribution in [3.05, 3.63) is 53.1 Å². The van der Waals surface area contributed by atoms with Crippen molar-refractivity contribution < 1.29 is 19.1 Å². The highest BCUT2D eigenvalue weighted by atomic mass is 16.7.